The molecule has 0 aliphatic carbocycles. The number of benzene rings is 3. The van der Waals surface area contributed by atoms with E-state index in [-0.39, 0.29) is 34.3 Å². The molecule has 9 nitrogen and oxygen atoms in total. The van der Waals surface area contributed by atoms with Gasteiger partial charge in [-0.1, -0.05) is 125 Å². The highest BCUT2D eigenvalue weighted by Crippen LogP contribution is 2.43. The first-order chi connectivity index (χ1) is 24.1. The molecular formula is C45H63N3O6. The monoisotopic (exact) mass is 741 g/mol. The highest BCUT2D eigenvalue weighted by molar-refractivity contribution is 5.58. The molecule has 3 N–H and O–H groups in total. The van der Waals surface area contributed by atoms with Gasteiger partial charge in [0.05, 0.1) is 17.1 Å². The second-order valence-corrected chi connectivity index (χ2v) is 21.0. The van der Waals surface area contributed by atoms with Crippen molar-refractivity contribution in [3.63, 3.8) is 0 Å². The Balaban J connectivity index is 2.42. The quantitative estimate of drug-likeness (QED) is 0.192. The molecule has 0 fully saturated rings. The van der Waals surface area contributed by atoms with Gasteiger partial charge in [-0.05, 0) is 68.9 Å². The average molecular weight is 742 g/mol. The van der Waals surface area contributed by atoms with Crippen molar-refractivity contribution in [1.82, 2.24) is 13.7 Å². The second-order valence-electron chi connectivity index (χ2n) is 21.0. The highest BCUT2D eigenvalue weighted by atomic mass is 16.3. The second kappa shape index (κ2) is 13.1. The van der Waals surface area contributed by atoms with Crippen molar-refractivity contribution in [2.45, 2.75) is 157 Å². The molecule has 3 aromatic carbocycles. The normalized spacial score (nSPS) is 13.4. The number of aromatic hydroxyl groups is 3. The van der Waals surface area contributed by atoms with Crippen LogP contribution in [0.2, 0.25) is 0 Å². The van der Waals surface area contributed by atoms with E-state index in [1.165, 1.54) is 0 Å². The number of nitrogens with zero attached hydrogens (tertiary/aromatic N) is 3. The minimum Gasteiger partial charge on any atom is -0.507 e. The van der Waals surface area contributed by atoms with E-state index in [2.05, 4.69) is 0 Å². The van der Waals surface area contributed by atoms with E-state index in [0.29, 0.717) is 33.4 Å². The molecule has 4 rings (SSSR count). The Kier molecular flexibility index (Phi) is 10.2. The van der Waals surface area contributed by atoms with Crippen LogP contribution in [0.15, 0.2) is 50.8 Å². The summed E-state index contributed by atoms with van der Waals surface area (Å²) >= 11 is 0. The van der Waals surface area contributed by atoms with Crippen LogP contribution in [0.4, 0.5) is 0 Å². The fourth-order valence-electron chi connectivity index (χ4n) is 6.88. The summed E-state index contributed by atoms with van der Waals surface area (Å²) in [5, 5.41) is 34.8. The van der Waals surface area contributed by atoms with Crippen molar-refractivity contribution < 1.29 is 15.3 Å². The largest absolute Gasteiger partial charge is 0.507 e. The first-order valence-corrected chi connectivity index (χ1v) is 18.8. The summed E-state index contributed by atoms with van der Waals surface area (Å²) in [6.07, 6.45) is 0. The number of phenols is 3. The molecule has 0 aliphatic heterocycles. The minimum atomic E-state index is -0.900. The van der Waals surface area contributed by atoms with Crippen LogP contribution < -0.4 is 17.1 Å². The van der Waals surface area contributed by atoms with Gasteiger partial charge < -0.3 is 15.3 Å². The van der Waals surface area contributed by atoms with Crippen molar-refractivity contribution in [3.8, 4) is 34.3 Å². The van der Waals surface area contributed by atoms with Gasteiger partial charge in [0.15, 0.2) is 0 Å². The van der Waals surface area contributed by atoms with E-state index in [0.717, 1.165) is 13.7 Å². The van der Waals surface area contributed by atoms with E-state index >= 15 is 14.4 Å². The molecular weight excluding hydrogens is 679 g/mol. The maximum Gasteiger partial charge on any atom is 0.345 e. The molecule has 0 aliphatic rings. The molecule has 1 aromatic heterocycles. The summed E-state index contributed by atoms with van der Waals surface area (Å²) in [7, 11) is 0. The van der Waals surface area contributed by atoms with Crippen LogP contribution in [-0.4, -0.2) is 29.0 Å². The predicted octanol–water partition coefficient (Wildman–Crippen LogP) is 9.04. The smallest absolute Gasteiger partial charge is 0.345 e. The molecule has 0 saturated carbocycles. The fraction of sp³-hybridized carbons (Fsp3) is 0.533. The first-order valence-electron chi connectivity index (χ1n) is 18.8. The van der Waals surface area contributed by atoms with Gasteiger partial charge in [-0.25, -0.2) is 28.1 Å². The minimum absolute atomic E-state index is 0.0757. The third kappa shape index (κ3) is 7.69. The van der Waals surface area contributed by atoms with Gasteiger partial charge in [-0.15, -0.1) is 0 Å². The van der Waals surface area contributed by atoms with Gasteiger partial charge >= 0.3 is 17.1 Å². The Morgan fingerprint density at radius 1 is 0.315 bits per heavy atom. The lowest BCUT2D eigenvalue weighted by Crippen LogP contribution is -2.53. The summed E-state index contributed by atoms with van der Waals surface area (Å²) in [5.41, 5.74) is -2.45. The van der Waals surface area contributed by atoms with E-state index < -0.39 is 49.6 Å². The Morgan fingerprint density at radius 2 is 0.444 bits per heavy atom. The molecule has 54 heavy (non-hydrogen) atoms. The van der Waals surface area contributed by atoms with E-state index in [9.17, 15) is 15.3 Å². The van der Waals surface area contributed by atoms with Crippen molar-refractivity contribution in [2.75, 3.05) is 0 Å². The number of hydrogen-bond acceptors (Lipinski definition) is 6. The third-order valence-corrected chi connectivity index (χ3v) is 10.1. The molecule has 0 amide bonds. The van der Waals surface area contributed by atoms with Gasteiger partial charge in [0.25, 0.3) is 0 Å². The lowest BCUT2D eigenvalue weighted by atomic mass is 9.79. The zero-order valence-electron chi connectivity index (χ0n) is 35.9. The van der Waals surface area contributed by atoms with E-state index in [1.54, 1.807) is 36.4 Å². The summed E-state index contributed by atoms with van der Waals surface area (Å²) in [6, 6.07) is 9.85. The summed E-state index contributed by atoms with van der Waals surface area (Å²) in [6.45, 7) is 35.0. The van der Waals surface area contributed by atoms with Crippen molar-refractivity contribution >= 4 is 0 Å². The molecule has 0 bridgehead atoms. The maximum atomic E-state index is 15.1. The molecule has 9 heteroatoms. The Bertz CT molecular complexity index is 1920. The molecule has 0 atom stereocenters. The van der Waals surface area contributed by atoms with Gasteiger partial charge in [-0.2, -0.15) is 0 Å². The van der Waals surface area contributed by atoms with Crippen LogP contribution in [0.25, 0.3) is 17.1 Å². The maximum absolute atomic E-state index is 15.1. The molecule has 0 radical (unpaired) electrons. The summed E-state index contributed by atoms with van der Waals surface area (Å²) in [5.74, 6) is 0.227. The van der Waals surface area contributed by atoms with Crippen molar-refractivity contribution in [3.05, 3.63) is 101 Å². The zero-order valence-corrected chi connectivity index (χ0v) is 35.9. The Hall–Kier alpha value is -4.53. The van der Waals surface area contributed by atoms with Gasteiger partial charge in [0.1, 0.15) is 17.2 Å². The SMILES string of the molecule is CC(C)(C)c1cc(-n2c(=O)n(-c3cc(C(C)(C)C)c(O)c(C(C)(C)C)c3)c(=O)n(-c3cc(C(C)(C)C)c(O)c(C(C)(C)C)c3)c2=O)cc(C(C)(C)C)c1O. The lowest BCUT2D eigenvalue weighted by molar-refractivity contribution is 0.422. The number of aromatic nitrogens is 3. The van der Waals surface area contributed by atoms with Gasteiger partial charge in [-0.3, -0.25) is 0 Å². The highest BCUT2D eigenvalue weighted by Gasteiger charge is 2.33. The van der Waals surface area contributed by atoms with Crippen LogP contribution in [0.5, 0.6) is 17.2 Å². The summed E-state index contributed by atoms with van der Waals surface area (Å²) in [4.78, 5) is 45.2. The molecule has 0 unspecified atom stereocenters. The van der Waals surface area contributed by atoms with Crippen LogP contribution in [0.3, 0.4) is 0 Å². The van der Waals surface area contributed by atoms with Crippen LogP contribution in [0.1, 0.15) is 158 Å². The van der Waals surface area contributed by atoms with Gasteiger partial charge in [0, 0.05) is 33.4 Å². The first kappa shape index (κ1) is 42.2. The molecule has 4 aromatic rings. The standard InChI is InChI=1S/C45H63N3O6/c1-40(2,3)28-19-25(20-29(34(28)49)41(4,5)6)46-37(52)47(26-21-30(42(7,8)9)35(50)31(22-26)43(10,11)12)39(54)48(38(46)53)27-23-32(44(13,14)15)36(51)33(24-27)45(16,17)18/h19-24,49-51H,1-18H3. The molecule has 0 spiro atoms. The van der Waals surface area contributed by atoms with Crippen LogP contribution in [0, 0.1) is 0 Å². The van der Waals surface area contributed by atoms with Crippen molar-refractivity contribution in [2.24, 2.45) is 0 Å². The average Bonchev–Trinajstić information content (AvgIpc) is 2.95. The molecule has 1 heterocycles. The Morgan fingerprint density at radius 3 is 0.556 bits per heavy atom. The fourth-order valence-corrected chi connectivity index (χ4v) is 6.88. The number of rotatable bonds is 3. The lowest BCUT2D eigenvalue weighted by Gasteiger charge is -2.30. The topological polar surface area (TPSA) is 127 Å². The number of phenolic OH excluding ortho intramolecular Hbond substituents is 3. The van der Waals surface area contributed by atoms with E-state index in [4.69, 9.17) is 0 Å². The Labute approximate surface area is 321 Å². The van der Waals surface area contributed by atoms with Crippen molar-refractivity contribution in [1.29, 1.82) is 0 Å². The predicted molar refractivity (Wildman–Crippen MR) is 220 cm³/mol. The molecule has 294 valence electrons. The van der Waals surface area contributed by atoms with Crippen LogP contribution in [-0.2, 0) is 32.5 Å². The van der Waals surface area contributed by atoms with E-state index in [1.807, 2.05) is 125 Å². The third-order valence-electron chi connectivity index (χ3n) is 10.1. The zero-order chi connectivity index (χ0) is 41.6. The number of hydrogen-bond donors (Lipinski definition) is 3. The summed E-state index contributed by atoms with van der Waals surface area (Å²) < 4.78 is 2.98. The van der Waals surface area contributed by atoms with Crippen LogP contribution >= 0.6 is 0 Å². The molecule has 0 saturated heterocycles. The van der Waals surface area contributed by atoms with Gasteiger partial charge in [0.2, 0.25) is 0 Å².